The van der Waals surface area contributed by atoms with Crippen molar-refractivity contribution in [2.75, 3.05) is 11.9 Å². The van der Waals surface area contributed by atoms with E-state index in [4.69, 9.17) is 9.84 Å². The molecule has 0 fully saturated rings. The number of nitrogens with zero attached hydrogens (tertiary/aromatic N) is 1. The molecule has 2 aromatic carbocycles. The van der Waals surface area contributed by atoms with Crippen molar-refractivity contribution >= 4 is 18.0 Å². The molecule has 1 amide bonds. The van der Waals surface area contributed by atoms with Crippen LogP contribution in [0.2, 0.25) is 0 Å². The number of fused-ring (bicyclic) bond motifs is 3. The van der Waals surface area contributed by atoms with Gasteiger partial charge in [0.2, 0.25) is 5.95 Å². The minimum absolute atomic E-state index is 0.0860. The molecule has 0 spiro atoms. The molecule has 3 aromatic rings. The van der Waals surface area contributed by atoms with Gasteiger partial charge in [-0.05, 0) is 22.3 Å². The summed E-state index contributed by atoms with van der Waals surface area (Å²) < 4.78 is 5.32. The minimum atomic E-state index is -1.37. The van der Waals surface area contributed by atoms with Crippen molar-refractivity contribution in [3.05, 3.63) is 81.8 Å². The fraction of sp³-hybridized carbons (Fsp3) is 0.100. The van der Waals surface area contributed by atoms with Gasteiger partial charge in [0, 0.05) is 12.0 Å². The van der Waals surface area contributed by atoms with Gasteiger partial charge in [0.25, 0.3) is 5.56 Å². The summed E-state index contributed by atoms with van der Waals surface area (Å²) >= 11 is 0. The molecule has 0 saturated heterocycles. The van der Waals surface area contributed by atoms with Crippen LogP contribution in [0.5, 0.6) is 0 Å². The molecule has 0 atom stereocenters. The van der Waals surface area contributed by atoms with Gasteiger partial charge in [-0.2, -0.15) is 0 Å². The first-order valence-electron chi connectivity index (χ1n) is 8.49. The van der Waals surface area contributed by atoms with Gasteiger partial charge < -0.3 is 9.84 Å². The van der Waals surface area contributed by atoms with Crippen LogP contribution in [0.4, 0.5) is 10.7 Å². The van der Waals surface area contributed by atoms with Crippen LogP contribution in [0.25, 0.3) is 11.1 Å². The molecule has 0 bridgehead atoms. The monoisotopic (exact) mass is 377 g/mol. The average molecular weight is 377 g/mol. The zero-order chi connectivity index (χ0) is 19.7. The number of rotatable bonds is 4. The maximum absolute atomic E-state index is 12.1. The van der Waals surface area contributed by atoms with Crippen LogP contribution < -0.4 is 10.9 Å². The molecule has 1 aliphatic rings. The summed E-state index contributed by atoms with van der Waals surface area (Å²) in [6, 6.07) is 16.7. The third-order valence-corrected chi connectivity index (χ3v) is 4.52. The lowest BCUT2D eigenvalue weighted by Crippen LogP contribution is -2.22. The zero-order valence-electron chi connectivity index (χ0n) is 14.5. The van der Waals surface area contributed by atoms with E-state index in [1.165, 1.54) is 0 Å². The first kappa shape index (κ1) is 17.5. The number of carboxylic acid groups (broad SMARTS) is 1. The molecule has 4 rings (SSSR count). The van der Waals surface area contributed by atoms with Gasteiger partial charge in [-0.25, -0.2) is 14.6 Å². The fourth-order valence-corrected chi connectivity index (χ4v) is 3.36. The van der Waals surface area contributed by atoms with E-state index in [1.807, 2.05) is 48.5 Å². The lowest BCUT2D eigenvalue weighted by atomic mass is 9.98. The van der Waals surface area contributed by atoms with Crippen molar-refractivity contribution in [1.82, 2.24) is 9.97 Å². The Morgan fingerprint density at radius 3 is 2.29 bits per heavy atom. The molecular weight excluding hydrogens is 362 g/mol. The number of carbonyl (C=O) groups is 2. The molecule has 28 heavy (non-hydrogen) atoms. The summed E-state index contributed by atoms with van der Waals surface area (Å²) in [7, 11) is 0. The number of hydrogen-bond acceptors (Lipinski definition) is 5. The highest BCUT2D eigenvalue weighted by Gasteiger charge is 2.29. The van der Waals surface area contributed by atoms with Crippen LogP contribution >= 0.6 is 0 Å². The number of nitrogens with one attached hydrogen (secondary N) is 2. The van der Waals surface area contributed by atoms with Crippen LogP contribution in [-0.4, -0.2) is 33.7 Å². The van der Waals surface area contributed by atoms with Crippen LogP contribution in [0.15, 0.2) is 59.4 Å². The standard InChI is InChI=1S/C20H15N3O5/c24-17-9-16(18(25)26)21-19(22-17)23-20(27)28-10-15-13-7-3-1-5-11(13)12-6-2-4-8-14(12)15/h1-9,15H,10H2,(H,25,26)(H2,21,22,23,24,27). The van der Waals surface area contributed by atoms with Gasteiger partial charge in [0.1, 0.15) is 6.61 Å². The third kappa shape index (κ3) is 3.23. The van der Waals surface area contributed by atoms with Gasteiger partial charge in [0.05, 0.1) is 0 Å². The molecule has 0 radical (unpaired) electrons. The second kappa shape index (κ2) is 6.99. The topological polar surface area (TPSA) is 121 Å². The normalized spacial score (nSPS) is 12.1. The summed E-state index contributed by atoms with van der Waals surface area (Å²) in [5.41, 5.74) is 3.17. The van der Waals surface area contributed by atoms with Gasteiger partial charge in [-0.1, -0.05) is 48.5 Å². The van der Waals surface area contributed by atoms with E-state index in [9.17, 15) is 14.4 Å². The molecule has 8 heteroatoms. The van der Waals surface area contributed by atoms with E-state index in [0.29, 0.717) is 0 Å². The smallest absolute Gasteiger partial charge is 0.414 e. The van der Waals surface area contributed by atoms with Crippen molar-refractivity contribution in [3.63, 3.8) is 0 Å². The van der Waals surface area contributed by atoms with Crippen LogP contribution in [-0.2, 0) is 4.74 Å². The number of anilines is 1. The van der Waals surface area contributed by atoms with Crippen molar-refractivity contribution < 1.29 is 19.4 Å². The molecule has 140 valence electrons. The molecular formula is C20H15N3O5. The number of aromatic nitrogens is 2. The molecule has 1 aliphatic carbocycles. The molecule has 3 N–H and O–H groups in total. The van der Waals surface area contributed by atoms with Gasteiger partial charge in [0.15, 0.2) is 5.69 Å². The Labute approximate surface area is 158 Å². The first-order chi connectivity index (χ1) is 13.5. The second-order valence-electron chi connectivity index (χ2n) is 6.23. The highest BCUT2D eigenvalue weighted by atomic mass is 16.5. The Morgan fingerprint density at radius 2 is 1.68 bits per heavy atom. The van der Waals surface area contributed by atoms with E-state index in [1.54, 1.807) is 0 Å². The average Bonchev–Trinajstić information content (AvgIpc) is 3.00. The Morgan fingerprint density at radius 1 is 1.07 bits per heavy atom. The van der Waals surface area contributed by atoms with Crippen molar-refractivity contribution in [2.24, 2.45) is 0 Å². The highest BCUT2D eigenvalue weighted by molar-refractivity contribution is 5.87. The maximum Gasteiger partial charge on any atom is 0.414 e. The van der Waals surface area contributed by atoms with Crippen molar-refractivity contribution in [2.45, 2.75) is 5.92 Å². The summed E-state index contributed by atoms with van der Waals surface area (Å²) in [6.07, 6.45) is -0.840. The number of H-pyrrole nitrogens is 1. The van der Waals surface area contributed by atoms with Gasteiger partial charge >= 0.3 is 12.1 Å². The Bertz CT molecular complexity index is 1090. The third-order valence-electron chi connectivity index (χ3n) is 4.52. The predicted molar refractivity (Wildman–Crippen MR) is 101 cm³/mol. The fourth-order valence-electron chi connectivity index (χ4n) is 3.36. The largest absolute Gasteiger partial charge is 0.477 e. The molecule has 1 heterocycles. The number of aromatic carboxylic acids is 1. The Balaban J connectivity index is 1.50. The second-order valence-corrected chi connectivity index (χ2v) is 6.23. The number of carbonyl (C=O) groups excluding carboxylic acids is 1. The quantitative estimate of drug-likeness (QED) is 0.643. The predicted octanol–water partition coefficient (Wildman–Crippen LogP) is 2.83. The number of hydrogen-bond donors (Lipinski definition) is 3. The van der Waals surface area contributed by atoms with E-state index in [-0.39, 0.29) is 18.5 Å². The number of amides is 1. The summed E-state index contributed by atoms with van der Waals surface area (Å²) in [4.78, 5) is 40.5. The van der Waals surface area contributed by atoms with Gasteiger partial charge in [-0.3, -0.25) is 15.1 Å². The summed E-state index contributed by atoms with van der Waals surface area (Å²) in [6.45, 7) is 0.0860. The van der Waals surface area contributed by atoms with Crippen molar-refractivity contribution in [3.8, 4) is 11.1 Å². The zero-order valence-corrected chi connectivity index (χ0v) is 14.5. The molecule has 0 unspecified atom stereocenters. The Kier molecular flexibility index (Phi) is 4.36. The lowest BCUT2D eigenvalue weighted by Gasteiger charge is -2.14. The van der Waals surface area contributed by atoms with Crippen LogP contribution in [0.3, 0.4) is 0 Å². The van der Waals surface area contributed by atoms with E-state index in [0.717, 1.165) is 28.3 Å². The van der Waals surface area contributed by atoms with E-state index >= 15 is 0 Å². The molecule has 0 aliphatic heterocycles. The SMILES string of the molecule is O=C(Nc1nc(C(=O)O)cc(=O)[nH]1)OCC1c2ccccc2-c2ccccc21. The van der Waals surface area contributed by atoms with Crippen molar-refractivity contribution in [1.29, 1.82) is 0 Å². The van der Waals surface area contributed by atoms with Crippen LogP contribution in [0.1, 0.15) is 27.5 Å². The maximum atomic E-state index is 12.1. The van der Waals surface area contributed by atoms with E-state index < -0.39 is 23.3 Å². The number of carboxylic acids is 1. The minimum Gasteiger partial charge on any atom is -0.477 e. The lowest BCUT2D eigenvalue weighted by molar-refractivity contribution is 0.0690. The molecule has 1 aromatic heterocycles. The molecule has 8 nitrogen and oxygen atoms in total. The highest BCUT2D eigenvalue weighted by Crippen LogP contribution is 2.44. The molecule has 0 saturated carbocycles. The van der Waals surface area contributed by atoms with Crippen LogP contribution in [0, 0.1) is 0 Å². The Hall–Kier alpha value is -3.94. The summed E-state index contributed by atoms with van der Waals surface area (Å²) in [5.74, 6) is -1.78. The number of benzene rings is 2. The first-order valence-corrected chi connectivity index (χ1v) is 8.49. The van der Waals surface area contributed by atoms with E-state index in [2.05, 4.69) is 15.3 Å². The summed E-state index contributed by atoms with van der Waals surface area (Å²) in [5, 5.41) is 11.2. The van der Waals surface area contributed by atoms with Gasteiger partial charge in [-0.15, -0.1) is 0 Å². The number of aromatic amines is 1. The number of ether oxygens (including phenoxy) is 1.